The molecule has 140 valence electrons. The van der Waals surface area contributed by atoms with Gasteiger partial charge in [0.1, 0.15) is 5.75 Å². The number of rotatable bonds is 3. The molecule has 0 amide bonds. The van der Waals surface area contributed by atoms with Crippen molar-refractivity contribution in [2.75, 3.05) is 20.4 Å². The van der Waals surface area contributed by atoms with Gasteiger partial charge < -0.3 is 14.2 Å². The number of ether oxygens (including phenoxy) is 3. The molecule has 0 saturated heterocycles. The Morgan fingerprint density at radius 2 is 1.70 bits per heavy atom. The van der Waals surface area contributed by atoms with Gasteiger partial charge in [0.25, 0.3) is 0 Å². The van der Waals surface area contributed by atoms with Crippen molar-refractivity contribution in [1.29, 1.82) is 0 Å². The minimum atomic E-state index is 0.300. The highest BCUT2D eigenvalue weighted by Crippen LogP contribution is 2.44. The molecule has 1 atom stereocenters. The van der Waals surface area contributed by atoms with Gasteiger partial charge in [-0.25, -0.2) is 0 Å². The maximum absolute atomic E-state index is 5.69. The normalized spacial score (nSPS) is 18.9. The highest BCUT2D eigenvalue weighted by molar-refractivity contribution is 6.12. The molecular formula is C23H25NO3. The average Bonchev–Trinajstić information content (AvgIpc) is 3.18. The molecule has 1 unspecified atom stereocenters. The van der Waals surface area contributed by atoms with Crippen molar-refractivity contribution >= 4 is 21.5 Å². The van der Waals surface area contributed by atoms with Crippen LogP contribution in [0.15, 0.2) is 30.3 Å². The Kier molecular flexibility index (Phi) is 3.90. The Morgan fingerprint density at radius 3 is 2.41 bits per heavy atom. The summed E-state index contributed by atoms with van der Waals surface area (Å²) in [6, 6.07) is 11.4. The minimum absolute atomic E-state index is 0.300. The van der Waals surface area contributed by atoms with Crippen LogP contribution in [-0.4, -0.2) is 31.4 Å². The fourth-order valence-electron chi connectivity index (χ4n) is 4.76. The lowest BCUT2D eigenvalue weighted by Crippen LogP contribution is -2.39. The van der Waals surface area contributed by atoms with Gasteiger partial charge in [0.05, 0.1) is 7.11 Å². The van der Waals surface area contributed by atoms with Crippen LogP contribution in [0.5, 0.6) is 17.2 Å². The van der Waals surface area contributed by atoms with Gasteiger partial charge in [-0.1, -0.05) is 19.9 Å². The zero-order valence-corrected chi connectivity index (χ0v) is 16.2. The Bertz CT molecular complexity index is 1040. The van der Waals surface area contributed by atoms with E-state index in [-0.39, 0.29) is 0 Å². The summed E-state index contributed by atoms with van der Waals surface area (Å²) in [5.74, 6) is 2.58. The highest BCUT2D eigenvalue weighted by atomic mass is 16.7. The molecule has 0 bridgehead atoms. The number of benzene rings is 3. The first-order chi connectivity index (χ1) is 13.2. The van der Waals surface area contributed by atoms with Crippen LogP contribution in [0.4, 0.5) is 0 Å². The summed E-state index contributed by atoms with van der Waals surface area (Å²) in [5.41, 5.74) is 2.92. The molecule has 0 radical (unpaired) electrons. The average molecular weight is 363 g/mol. The van der Waals surface area contributed by atoms with Crippen LogP contribution < -0.4 is 14.2 Å². The van der Waals surface area contributed by atoms with Crippen molar-refractivity contribution in [3.8, 4) is 17.2 Å². The van der Waals surface area contributed by atoms with E-state index < -0.39 is 0 Å². The van der Waals surface area contributed by atoms with Gasteiger partial charge in [-0.3, -0.25) is 4.90 Å². The predicted octanol–water partition coefficient (Wildman–Crippen LogP) is 4.89. The maximum atomic E-state index is 5.69. The van der Waals surface area contributed by atoms with E-state index in [9.17, 15) is 0 Å². The molecular weight excluding hydrogens is 338 g/mol. The molecule has 2 aliphatic heterocycles. The van der Waals surface area contributed by atoms with E-state index in [2.05, 4.69) is 49.1 Å². The summed E-state index contributed by atoms with van der Waals surface area (Å²) in [4.78, 5) is 2.60. The second-order valence-electron chi connectivity index (χ2n) is 7.45. The van der Waals surface area contributed by atoms with Crippen LogP contribution in [0.2, 0.25) is 0 Å². The van der Waals surface area contributed by atoms with E-state index in [1.807, 2.05) is 0 Å². The van der Waals surface area contributed by atoms with Gasteiger partial charge in [0, 0.05) is 12.6 Å². The smallest absolute Gasteiger partial charge is 0.231 e. The van der Waals surface area contributed by atoms with E-state index >= 15 is 0 Å². The van der Waals surface area contributed by atoms with Gasteiger partial charge in [-0.2, -0.15) is 0 Å². The highest BCUT2D eigenvalue weighted by Gasteiger charge is 2.28. The maximum Gasteiger partial charge on any atom is 0.231 e. The van der Waals surface area contributed by atoms with Crippen LogP contribution >= 0.6 is 0 Å². The van der Waals surface area contributed by atoms with Gasteiger partial charge >= 0.3 is 0 Å². The molecule has 0 aromatic heterocycles. The minimum Gasteiger partial charge on any atom is -0.497 e. The summed E-state index contributed by atoms with van der Waals surface area (Å²) >= 11 is 0. The molecule has 3 aromatic carbocycles. The van der Waals surface area contributed by atoms with Gasteiger partial charge in [-0.15, -0.1) is 0 Å². The second-order valence-corrected chi connectivity index (χ2v) is 7.45. The SMILES string of the molecule is CCC1Cc2c(c3cc4c(cc3c3cc(OC)ccc23)OCO4)CN1CC. The molecule has 2 aliphatic rings. The molecule has 4 nitrogen and oxygen atoms in total. The summed E-state index contributed by atoms with van der Waals surface area (Å²) in [6.07, 6.45) is 2.26. The van der Waals surface area contributed by atoms with Crippen LogP contribution in [-0.2, 0) is 13.0 Å². The monoisotopic (exact) mass is 363 g/mol. The molecule has 0 spiro atoms. The lowest BCUT2D eigenvalue weighted by atomic mass is 9.84. The molecule has 0 fully saturated rings. The van der Waals surface area contributed by atoms with Crippen molar-refractivity contribution in [2.24, 2.45) is 0 Å². The molecule has 0 saturated carbocycles. The van der Waals surface area contributed by atoms with E-state index in [0.717, 1.165) is 36.8 Å². The fourth-order valence-corrected chi connectivity index (χ4v) is 4.76. The summed E-state index contributed by atoms with van der Waals surface area (Å²) < 4.78 is 16.9. The zero-order valence-electron chi connectivity index (χ0n) is 16.2. The molecule has 27 heavy (non-hydrogen) atoms. The van der Waals surface area contributed by atoms with Crippen molar-refractivity contribution < 1.29 is 14.2 Å². The van der Waals surface area contributed by atoms with E-state index in [1.54, 1.807) is 7.11 Å². The summed E-state index contributed by atoms with van der Waals surface area (Å²) in [5, 5.41) is 5.08. The second kappa shape index (κ2) is 6.31. The third kappa shape index (κ3) is 2.47. The number of methoxy groups -OCH3 is 1. The Balaban J connectivity index is 1.87. The van der Waals surface area contributed by atoms with E-state index in [0.29, 0.717) is 12.8 Å². The van der Waals surface area contributed by atoms with Gasteiger partial charge in [0.2, 0.25) is 6.79 Å². The number of nitrogens with zero attached hydrogens (tertiary/aromatic N) is 1. The summed E-state index contributed by atoms with van der Waals surface area (Å²) in [7, 11) is 1.72. The van der Waals surface area contributed by atoms with E-state index in [4.69, 9.17) is 14.2 Å². The van der Waals surface area contributed by atoms with Crippen molar-refractivity contribution in [1.82, 2.24) is 4.90 Å². The van der Waals surface area contributed by atoms with Crippen LogP contribution in [0.25, 0.3) is 21.5 Å². The first-order valence-corrected chi connectivity index (χ1v) is 9.82. The van der Waals surface area contributed by atoms with Gasteiger partial charge in [0.15, 0.2) is 11.5 Å². The van der Waals surface area contributed by atoms with Crippen molar-refractivity contribution in [2.45, 2.75) is 39.3 Å². The molecule has 0 N–H and O–H groups in total. The fraction of sp³-hybridized carbons (Fsp3) is 0.391. The Hall–Kier alpha value is -2.46. The quantitative estimate of drug-likeness (QED) is 0.620. The standard InChI is InChI=1S/C23H25NO3/c1-4-14-8-17-16-7-6-15(25-3)9-18(16)19-10-22-23(27-13-26-22)11-20(19)21(17)12-24(14)5-2/h6-7,9-11,14H,4-5,8,12-13H2,1-3H3. The van der Waals surface area contributed by atoms with Crippen molar-refractivity contribution in [3.05, 3.63) is 41.5 Å². The lowest BCUT2D eigenvalue weighted by Gasteiger charge is -2.37. The van der Waals surface area contributed by atoms with Crippen LogP contribution in [0, 0.1) is 0 Å². The van der Waals surface area contributed by atoms with Crippen molar-refractivity contribution in [3.63, 3.8) is 0 Å². The Morgan fingerprint density at radius 1 is 0.963 bits per heavy atom. The number of hydrogen-bond acceptors (Lipinski definition) is 4. The number of likely N-dealkylation sites (N-methyl/N-ethyl adjacent to an activating group) is 1. The van der Waals surface area contributed by atoms with E-state index in [1.165, 1.54) is 39.1 Å². The first-order valence-electron chi connectivity index (χ1n) is 9.82. The Labute approximate surface area is 159 Å². The zero-order chi connectivity index (χ0) is 18.5. The number of hydrogen-bond donors (Lipinski definition) is 0. The molecule has 0 aliphatic carbocycles. The number of fused-ring (bicyclic) bond motifs is 7. The third-order valence-corrected chi connectivity index (χ3v) is 6.24. The largest absolute Gasteiger partial charge is 0.497 e. The molecule has 2 heterocycles. The third-order valence-electron chi connectivity index (χ3n) is 6.24. The molecule has 3 aromatic rings. The molecule has 5 rings (SSSR count). The van der Waals surface area contributed by atoms with Crippen LogP contribution in [0.1, 0.15) is 31.4 Å². The lowest BCUT2D eigenvalue weighted by molar-refractivity contribution is 0.174. The topological polar surface area (TPSA) is 30.9 Å². The summed E-state index contributed by atoms with van der Waals surface area (Å²) in [6.45, 7) is 6.92. The first kappa shape index (κ1) is 16.7. The predicted molar refractivity (Wildman–Crippen MR) is 108 cm³/mol. The van der Waals surface area contributed by atoms with Crippen LogP contribution in [0.3, 0.4) is 0 Å². The molecule has 4 heteroatoms. The van der Waals surface area contributed by atoms with Gasteiger partial charge in [-0.05, 0) is 76.3 Å².